The van der Waals surface area contributed by atoms with Crippen LogP contribution in [0.3, 0.4) is 0 Å². The largest absolute Gasteiger partial charge is 0.494 e. The molecule has 2 aliphatic heterocycles. The van der Waals surface area contributed by atoms with Crippen LogP contribution in [0.15, 0.2) is 54.6 Å². The van der Waals surface area contributed by atoms with Crippen molar-refractivity contribution in [1.29, 1.82) is 0 Å². The molecule has 2 aromatic rings. The van der Waals surface area contributed by atoms with Crippen LogP contribution in [-0.4, -0.2) is 24.7 Å². The maximum absolute atomic E-state index is 12.4. The van der Waals surface area contributed by atoms with Crippen molar-refractivity contribution in [2.45, 2.75) is 51.1 Å². The van der Waals surface area contributed by atoms with Crippen LogP contribution in [0.2, 0.25) is 0 Å². The zero-order valence-corrected chi connectivity index (χ0v) is 17.6. The Bertz CT molecular complexity index is 917. The maximum Gasteiger partial charge on any atom is 0.241 e. The molecular weight excluding hydrogens is 360 g/mol. The number of para-hydroxylation sites is 1. The summed E-state index contributed by atoms with van der Waals surface area (Å²) >= 11 is 0. The SMILES string of the molecule is CCCCCOc1ccc(C=C[C@@]23NC(=O)CN2c2ccccc2C3(C)C)cc1. The fourth-order valence-electron chi connectivity index (χ4n) is 4.57. The molecule has 0 aromatic heterocycles. The molecule has 2 aliphatic rings. The summed E-state index contributed by atoms with van der Waals surface area (Å²) in [7, 11) is 0. The second-order valence-corrected chi connectivity index (χ2v) is 8.50. The second kappa shape index (κ2) is 7.58. The van der Waals surface area contributed by atoms with E-state index in [1.54, 1.807) is 0 Å². The predicted octanol–water partition coefficient (Wildman–Crippen LogP) is 4.89. The van der Waals surface area contributed by atoms with Crippen LogP contribution in [0, 0.1) is 0 Å². The molecule has 152 valence electrons. The smallest absolute Gasteiger partial charge is 0.241 e. The molecule has 1 fully saturated rings. The number of unbranched alkanes of at least 4 members (excludes halogenated alkanes) is 2. The van der Waals surface area contributed by atoms with E-state index >= 15 is 0 Å². The van der Waals surface area contributed by atoms with Gasteiger partial charge in [0.05, 0.1) is 13.2 Å². The van der Waals surface area contributed by atoms with Gasteiger partial charge in [-0.05, 0) is 41.8 Å². The first kappa shape index (κ1) is 19.6. The molecule has 2 aromatic carbocycles. The Kier molecular flexibility index (Phi) is 5.12. The first-order valence-electron chi connectivity index (χ1n) is 10.6. The Morgan fingerprint density at radius 3 is 2.62 bits per heavy atom. The minimum atomic E-state index is -0.552. The lowest BCUT2D eigenvalue weighted by atomic mass is 9.75. The first-order chi connectivity index (χ1) is 14.0. The Balaban J connectivity index is 1.56. The van der Waals surface area contributed by atoms with Gasteiger partial charge < -0.3 is 15.0 Å². The van der Waals surface area contributed by atoms with E-state index in [4.69, 9.17) is 4.74 Å². The Hall–Kier alpha value is -2.75. The molecule has 1 N–H and O–H groups in total. The van der Waals surface area contributed by atoms with E-state index < -0.39 is 5.66 Å². The van der Waals surface area contributed by atoms with Gasteiger partial charge in [0.25, 0.3) is 0 Å². The number of ether oxygens (including phenoxy) is 1. The van der Waals surface area contributed by atoms with Crippen molar-refractivity contribution in [1.82, 2.24) is 5.32 Å². The van der Waals surface area contributed by atoms with E-state index in [1.165, 1.54) is 18.4 Å². The summed E-state index contributed by atoms with van der Waals surface area (Å²) in [6.45, 7) is 7.75. The third-order valence-electron chi connectivity index (χ3n) is 6.29. The van der Waals surface area contributed by atoms with E-state index in [-0.39, 0.29) is 11.3 Å². The summed E-state index contributed by atoms with van der Waals surface area (Å²) < 4.78 is 5.81. The fraction of sp³-hybridized carbons (Fsp3) is 0.400. The second-order valence-electron chi connectivity index (χ2n) is 8.50. The number of rotatable bonds is 7. The summed E-state index contributed by atoms with van der Waals surface area (Å²) in [5.41, 5.74) is 2.70. The van der Waals surface area contributed by atoms with Crippen molar-refractivity contribution in [3.63, 3.8) is 0 Å². The van der Waals surface area contributed by atoms with Crippen LogP contribution in [0.5, 0.6) is 5.75 Å². The van der Waals surface area contributed by atoms with Gasteiger partial charge in [-0.1, -0.05) is 70.0 Å². The summed E-state index contributed by atoms with van der Waals surface area (Å²) in [5, 5.41) is 3.26. The number of nitrogens with zero attached hydrogens (tertiary/aromatic N) is 1. The minimum absolute atomic E-state index is 0.0630. The highest BCUT2D eigenvalue weighted by atomic mass is 16.5. The molecule has 0 spiro atoms. The highest BCUT2D eigenvalue weighted by molar-refractivity contribution is 5.91. The Morgan fingerprint density at radius 2 is 1.86 bits per heavy atom. The predicted molar refractivity (Wildman–Crippen MR) is 118 cm³/mol. The number of benzene rings is 2. The molecular formula is C25H30N2O2. The quantitative estimate of drug-likeness (QED) is 0.684. The standard InChI is InChI=1S/C25H30N2O2/c1-4-5-8-17-29-20-13-11-19(12-14-20)15-16-25-24(2,3)21-9-6-7-10-22(21)27(25)18-23(28)26-25/h6-7,9-16H,4-5,8,17-18H2,1-3H3,(H,26,28)/t25-/m1/s1. The first-order valence-corrected chi connectivity index (χ1v) is 10.6. The average molecular weight is 391 g/mol. The van der Waals surface area contributed by atoms with E-state index in [1.807, 2.05) is 18.2 Å². The molecule has 4 heteroatoms. The van der Waals surface area contributed by atoms with Gasteiger partial charge in [-0.3, -0.25) is 4.79 Å². The highest BCUT2D eigenvalue weighted by Crippen LogP contribution is 2.52. The molecule has 4 rings (SSSR count). The number of anilines is 1. The molecule has 2 heterocycles. The van der Waals surface area contributed by atoms with Crippen molar-refractivity contribution < 1.29 is 9.53 Å². The van der Waals surface area contributed by atoms with E-state index in [0.717, 1.165) is 30.0 Å². The topological polar surface area (TPSA) is 41.6 Å². The minimum Gasteiger partial charge on any atom is -0.494 e. The molecule has 0 unspecified atom stereocenters. The van der Waals surface area contributed by atoms with Gasteiger partial charge in [-0.25, -0.2) is 0 Å². The van der Waals surface area contributed by atoms with E-state index in [9.17, 15) is 4.79 Å². The monoisotopic (exact) mass is 390 g/mol. The van der Waals surface area contributed by atoms with Gasteiger partial charge >= 0.3 is 0 Å². The molecule has 0 aliphatic carbocycles. The lowest BCUT2D eigenvalue weighted by molar-refractivity contribution is -0.118. The van der Waals surface area contributed by atoms with Crippen LogP contribution >= 0.6 is 0 Å². The number of fused-ring (bicyclic) bond motifs is 3. The third kappa shape index (κ3) is 3.31. The van der Waals surface area contributed by atoms with Crippen molar-refractivity contribution >= 4 is 17.7 Å². The summed E-state index contributed by atoms with van der Waals surface area (Å²) in [6.07, 6.45) is 7.74. The number of nitrogens with one attached hydrogen (secondary N) is 1. The van der Waals surface area contributed by atoms with E-state index in [0.29, 0.717) is 6.54 Å². The van der Waals surface area contributed by atoms with Crippen molar-refractivity contribution in [2.75, 3.05) is 18.1 Å². The molecule has 29 heavy (non-hydrogen) atoms. The van der Waals surface area contributed by atoms with Crippen LogP contribution in [0.4, 0.5) is 5.69 Å². The molecule has 0 radical (unpaired) electrons. The van der Waals surface area contributed by atoms with Crippen LogP contribution in [0.1, 0.15) is 51.2 Å². The number of amides is 1. The fourth-order valence-corrected chi connectivity index (χ4v) is 4.57. The van der Waals surface area contributed by atoms with Crippen molar-refractivity contribution in [2.24, 2.45) is 0 Å². The number of carbonyl (C=O) groups is 1. The van der Waals surface area contributed by atoms with Crippen molar-refractivity contribution in [3.05, 3.63) is 65.7 Å². The Morgan fingerprint density at radius 1 is 1.10 bits per heavy atom. The number of carbonyl (C=O) groups excluding carboxylic acids is 1. The maximum atomic E-state index is 12.4. The van der Waals surface area contributed by atoms with Crippen LogP contribution < -0.4 is 15.0 Å². The van der Waals surface area contributed by atoms with Crippen LogP contribution in [-0.2, 0) is 10.2 Å². The van der Waals surface area contributed by atoms with Gasteiger partial charge in [0.15, 0.2) is 0 Å². The third-order valence-corrected chi connectivity index (χ3v) is 6.29. The van der Waals surface area contributed by atoms with Gasteiger partial charge in [-0.2, -0.15) is 0 Å². The summed E-state index contributed by atoms with van der Waals surface area (Å²) in [6, 6.07) is 16.6. The van der Waals surface area contributed by atoms with Crippen LogP contribution in [0.25, 0.3) is 6.08 Å². The van der Waals surface area contributed by atoms with E-state index in [2.05, 4.69) is 73.5 Å². The van der Waals surface area contributed by atoms with Gasteiger partial charge in [-0.15, -0.1) is 0 Å². The summed E-state index contributed by atoms with van der Waals surface area (Å²) in [5.74, 6) is 0.967. The van der Waals surface area contributed by atoms with Crippen molar-refractivity contribution in [3.8, 4) is 5.75 Å². The van der Waals surface area contributed by atoms with Gasteiger partial charge in [0, 0.05) is 11.1 Å². The zero-order valence-electron chi connectivity index (χ0n) is 17.6. The summed E-state index contributed by atoms with van der Waals surface area (Å²) in [4.78, 5) is 14.6. The van der Waals surface area contributed by atoms with Gasteiger partial charge in [0.2, 0.25) is 5.91 Å². The molecule has 1 saturated heterocycles. The average Bonchev–Trinajstić information content (AvgIpc) is 3.15. The molecule has 4 nitrogen and oxygen atoms in total. The zero-order chi connectivity index (χ0) is 20.5. The number of hydrogen-bond donors (Lipinski definition) is 1. The highest BCUT2D eigenvalue weighted by Gasteiger charge is 2.59. The molecule has 0 saturated carbocycles. The Labute approximate surface area is 173 Å². The normalized spacial score (nSPS) is 21.9. The molecule has 1 amide bonds. The number of hydrogen-bond acceptors (Lipinski definition) is 3. The molecule has 1 atom stereocenters. The lowest BCUT2D eigenvalue weighted by Gasteiger charge is -2.40. The lowest BCUT2D eigenvalue weighted by Crippen LogP contribution is -2.58. The molecule has 0 bridgehead atoms. The van der Waals surface area contributed by atoms with Gasteiger partial charge in [0.1, 0.15) is 11.4 Å².